The Hall–Kier alpha value is 1.72. The number of rotatable bonds is 14. The molecular formula is C16H33ClNa2O3. The van der Waals surface area contributed by atoms with Crippen molar-refractivity contribution >= 4 is 5.97 Å². The third-order valence-electron chi connectivity index (χ3n) is 3.48. The van der Waals surface area contributed by atoms with Gasteiger partial charge in [-0.25, -0.2) is 0 Å². The van der Waals surface area contributed by atoms with Gasteiger partial charge < -0.3 is 27.8 Å². The van der Waals surface area contributed by atoms with Crippen LogP contribution in [0.2, 0.25) is 0 Å². The fourth-order valence-corrected chi connectivity index (χ4v) is 2.29. The van der Waals surface area contributed by atoms with E-state index in [0.29, 0.717) is 0 Å². The summed E-state index contributed by atoms with van der Waals surface area (Å²) in [4.78, 5) is 10.2. The Bertz CT molecular complexity index is 196. The number of hydrogen-bond acceptors (Lipinski definition) is 2. The summed E-state index contributed by atoms with van der Waals surface area (Å²) in [6.45, 7) is 2.26. The molecule has 2 N–H and O–H groups in total. The molecule has 0 saturated carbocycles. The van der Waals surface area contributed by atoms with Crippen LogP contribution in [0, 0.1) is 0 Å². The number of carbonyl (C=O) groups excluding carboxylic acids is 1. The molecule has 0 fully saturated rings. The summed E-state index contributed by atoms with van der Waals surface area (Å²) in [5, 5.41) is 10.2. The Balaban J connectivity index is -0.000000241. The molecule has 0 heterocycles. The molecule has 0 aliphatic heterocycles. The Morgan fingerprint density at radius 1 is 0.682 bits per heavy atom. The predicted molar refractivity (Wildman–Crippen MR) is 78.9 cm³/mol. The van der Waals surface area contributed by atoms with Crippen molar-refractivity contribution in [2.75, 3.05) is 0 Å². The summed E-state index contributed by atoms with van der Waals surface area (Å²) in [6.07, 6.45) is 16.9. The minimum absolute atomic E-state index is 0. The number of carboxylic acid groups (broad SMARTS) is 1. The van der Waals surface area contributed by atoms with Crippen LogP contribution in [0.1, 0.15) is 96.8 Å². The fraction of sp³-hybridized carbons (Fsp3) is 0.938. The molecule has 124 valence electrons. The first-order chi connectivity index (χ1) is 8.77. The summed E-state index contributed by atoms with van der Waals surface area (Å²) in [5.74, 6) is -0.905. The molecule has 0 rings (SSSR count). The molecule has 0 aliphatic rings. The average Bonchev–Trinajstić information content (AvgIpc) is 2.34. The Kier molecular flexibility index (Phi) is 48.6. The van der Waals surface area contributed by atoms with Gasteiger partial charge in [0.2, 0.25) is 0 Å². The third kappa shape index (κ3) is 33.4. The molecule has 0 saturated heterocycles. The molecule has 0 atom stereocenters. The zero-order valence-corrected chi connectivity index (χ0v) is 19.8. The van der Waals surface area contributed by atoms with E-state index in [-0.39, 0.29) is 83.4 Å². The van der Waals surface area contributed by atoms with E-state index < -0.39 is 5.97 Å². The second-order valence-electron chi connectivity index (χ2n) is 5.36. The van der Waals surface area contributed by atoms with Gasteiger partial charge >= 0.3 is 59.1 Å². The van der Waals surface area contributed by atoms with Crippen LogP contribution >= 0.6 is 0 Å². The van der Waals surface area contributed by atoms with Gasteiger partial charge in [-0.3, -0.25) is 0 Å². The number of unbranched alkanes of at least 4 members (excludes halogenated alkanes) is 12. The van der Waals surface area contributed by atoms with Crippen LogP contribution in [-0.2, 0) is 4.79 Å². The first-order valence-corrected chi connectivity index (χ1v) is 7.97. The molecular weight excluding hydrogens is 322 g/mol. The molecule has 0 aromatic heterocycles. The van der Waals surface area contributed by atoms with E-state index in [1.54, 1.807) is 0 Å². The number of carbonyl (C=O) groups is 1. The van der Waals surface area contributed by atoms with Crippen molar-refractivity contribution in [3.05, 3.63) is 0 Å². The standard InChI is InChI=1S/C16H32O2.ClH.2Na.H2O/c1-2-3-4-5-6-7-8-9-10-11-12-13-14-15-16(17)18;;;;/h2-15H2,1H3,(H,17,18);1H;;;1H2/q;;2*+1;/p-2. The van der Waals surface area contributed by atoms with Crippen molar-refractivity contribution in [3.8, 4) is 0 Å². The van der Waals surface area contributed by atoms with Crippen molar-refractivity contribution < 1.29 is 86.9 Å². The first-order valence-electron chi connectivity index (χ1n) is 7.97. The van der Waals surface area contributed by atoms with Crippen LogP contribution in [0.3, 0.4) is 0 Å². The minimum atomic E-state index is -0.905. The number of aliphatic carboxylic acids is 1. The molecule has 0 aliphatic carbocycles. The maximum Gasteiger partial charge on any atom is 1.00 e. The summed E-state index contributed by atoms with van der Waals surface area (Å²) in [6, 6.07) is 0. The van der Waals surface area contributed by atoms with Crippen molar-refractivity contribution in [1.29, 1.82) is 0 Å². The molecule has 0 bridgehead atoms. The summed E-state index contributed by atoms with van der Waals surface area (Å²) in [5.41, 5.74) is 0. The summed E-state index contributed by atoms with van der Waals surface area (Å²) >= 11 is 0. The molecule has 0 radical (unpaired) electrons. The van der Waals surface area contributed by atoms with Gasteiger partial charge in [0.15, 0.2) is 0 Å². The zero-order valence-electron chi connectivity index (χ0n) is 15.1. The van der Waals surface area contributed by atoms with Gasteiger partial charge in [-0.2, -0.15) is 0 Å². The van der Waals surface area contributed by atoms with Crippen molar-refractivity contribution in [3.63, 3.8) is 0 Å². The van der Waals surface area contributed by atoms with Gasteiger partial charge in [-0.05, 0) is 12.8 Å². The van der Waals surface area contributed by atoms with E-state index in [0.717, 1.165) is 12.8 Å². The van der Waals surface area contributed by atoms with Crippen molar-refractivity contribution in [1.82, 2.24) is 0 Å². The molecule has 0 aromatic rings. The first kappa shape index (κ1) is 34.9. The maximum atomic E-state index is 10.2. The molecule has 22 heavy (non-hydrogen) atoms. The van der Waals surface area contributed by atoms with E-state index in [1.165, 1.54) is 70.6 Å². The quantitative estimate of drug-likeness (QED) is 0.230. The maximum absolute atomic E-state index is 10.2. The molecule has 0 aromatic carbocycles. The van der Waals surface area contributed by atoms with Crippen LogP contribution in [0.15, 0.2) is 0 Å². The fourth-order valence-electron chi connectivity index (χ4n) is 2.29. The molecule has 0 unspecified atom stereocenters. The van der Waals surface area contributed by atoms with Crippen LogP contribution in [-0.4, -0.2) is 11.4 Å². The monoisotopic (exact) mass is 354 g/mol. The summed E-state index contributed by atoms with van der Waals surface area (Å²) in [7, 11) is 0. The molecule has 0 amide bonds. The van der Waals surface area contributed by atoms with E-state index in [1.807, 2.05) is 0 Å². The van der Waals surface area contributed by atoms with E-state index in [4.69, 9.17) is 0 Å². The smallest absolute Gasteiger partial charge is 1.00 e. The van der Waals surface area contributed by atoms with Crippen LogP contribution in [0.5, 0.6) is 0 Å². The number of hydrogen-bond donors (Lipinski definition) is 0. The second-order valence-corrected chi connectivity index (χ2v) is 5.36. The van der Waals surface area contributed by atoms with Crippen LogP contribution in [0.4, 0.5) is 0 Å². The SMILES string of the molecule is CCCCCCCCCCCCCCCC(=O)[O-].O.[Cl-].[Na+].[Na+]. The molecule has 3 nitrogen and oxygen atoms in total. The Morgan fingerprint density at radius 3 is 1.23 bits per heavy atom. The topological polar surface area (TPSA) is 71.6 Å². The van der Waals surface area contributed by atoms with E-state index in [9.17, 15) is 9.90 Å². The molecule has 0 spiro atoms. The van der Waals surface area contributed by atoms with Gasteiger partial charge in [0, 0.05) is 5.97 Å². The van der Waals surface area contributed by atoms with Crippen LogP contribution in [0.25, 0.3) is 0 Å². The van der Waals surface area contributed by atoms with Crippen LogP contribution < -0.4 is 76.6 Å². The number of carboxylic acids is 1. The van der Waals surface area contributed by atoms with E-state index >= 15 is 0 Å². The third-order valence-corrected chi connectivity index (χ3v) is 3.48. The van der Waals surface area contributed by atoms with Gasteiger partial charge in [0.25, 0.3) is 0 Å². The minimum Gasteiger partial charge on any atom is -1.00 e. The average molecular weight is 355 g/mol. The Labute approximate surface area is 188 Å². The van der Waals surface area contributed by atoms with E-state index in [2.05, 4.69) is 6.92 Å². The van der Waals surface area contributed by atoms with Gasteiger partial charge in [-0.15, -0.1) is 0 Å². The largest absolute Gasteiger partial charge is 1.00 e. The zero-order chi connectivity index (χ0) is 13.5. The van der Waals surface area contributed by atoms with Gasteiger partial charge in [0.05, 0.1) is 0 Å². The van der Waals surface area contributed by atoms with Gasteiger partial charge in [0.1, 0.15) is 0 Å². The summed E-state index contributed by atoms with van der Waals surface area (Å²) < 4.78 is 0. The van der Waals surface area contributed by atoms with Crippen molar-refractivity contribution in [2.24, 2.45) is 0 Å². The second kappa shape index (κ2) is 30.6. The molecule has 6 heteroatoms. The number of halogens is 1. The normalized spacial score (nSPS) is 8.77. The van der Waals surface area contributed by atoms with Crippen molar-refractivity contribution in [2.45, 2.75) is 96.8 Å². The van der Waals surface area contributed by atoms with Gasteiger partial charge in [-0.1, -0.05) is 84.0 Å². The predicted octanol–water partition coefficient (Wildman–Crippen LogP) is -5.60. The Morgan fingerprint density at radius 2 is 0.955 bits per heavy atom.